The molecule has 0 amide bonds. The molecule has 0 aliphatic heterocycles. The number of benzene rings is 1. The number of aromatic nitrogens is 3. The maximum absolute atomic E-state index is 11.0. The zero-order chi connectivity index (χ0) is 14.8. The van der Waals surface area contributed by atoms with Crippen molar-refractivity contribution in [2.24, 2.45) is 0 Å². The lowest BCUT2D eigenvalue weighted by molar-refractivity contribution is 0.372. The van der Waals surface area contributed by atoms with Gasteiger partial charge in [0.05, 0.1) is 11.4 Å². The molecule has 2 heterocycles. The number of hydrogen-bond acceptors (Lipinski definition) is 7. The summed E-state index contributed by atoms with van der Waals surface area (Å²) in [5.74, 6) is 0.832. The summed E-state index contributed by atoms with van der Waals surface area (Å²) >= 11 is 1.36. The van der Waals surface area contributed by atoms with Crippen molar-refractivity contribution in [1.82, 2.24) is 14.8 Å². The van der Waals surface area contributed by atoms with Crippen LogP contribution in [0, 0.1) is 6.92 Å². The van der Waals surface area contributed by atoms with Crippen LogP contribution in [0.2, 0.25) is 0 Å². The maximum atomic E-state index is 11.0. The minimum absolute atomic E-state index is 0.187. The van der Waals surface area contributed by atoms with Crippen LogP contribution >= 0.6 is 11.8 Å². The first kappa shape index (κ1) is 13.5. The van der Waals surface area contributed by atoms with Gasteiger partial charge in [-0.05, 0) is 19.1 Å². The average Bonchev–Trinajstić information content (AvgIpc) is 3.00. The van der Waals surface area contributed by atoms with Gasteiger partial charge in [0, 0.05) is 0 Å². The van der Waals surface area contributed by atoms with Gasteiger partial charge in [-0.2, -0.15) is 4.98 Å². The first-order chi connectivity index (χ1) is 10.1. The van der Waals surface area contributed by atoms with Crippen LogP contribution in [0.25, 0.3) is 5.69 Å². The fraction of sp³-hybridized carbons (Fsp3) is 0.154. The number of nitrogens with two attached hydrogens (primary N) is 1. The minimum Gasteiger partial charge on any atom is -0.396 e. The smallest absolute Gasteiger partial charge is 0.396 e. The molecule has 0 atom stereocenters. The summed E-state index contributed by atoms with van der Waals surface area (Å²) in [5, 5.41) is 4.78. The SMILES string of the molecule is Cc1oc(=O)oc1CSc1nc(N)nn1-c1ccccc1. The second-order valence-electron chi connectivity index (χ2n) is 4.22. The first-order valence-electron chi connectivity index (χ1n) is 6.13. The predicted molar refractivity (Wildman–Crippen MR) is 77.3 cm³/mol. The van der Waals surface area contributed by atoms with Crippen molar-refractivity contribution in [2.75, 3.05) is 5.73 Å². The van der Waals surface area contributed by atoms with Gasteiger partial charge in [0.2, 0.25) is 5.95 Å². The standard InChI is InChI=1S/C13H12N4O3S/c1-8-10(20-13(18)19-8)7-21-12-15-11(14)16-17(12)9-5-3-2-4-6-9/h2-6H,7H2,1H3,(H2,14,16). The van der Waals surface area contributed by atoms with Crippen molar-refractivity contribution < 1.29 is 8.83 Å². The lowest BCUT2D eigenvalue weighted by Crippen LogP contribution is -1.99. The monoisotopic (exact) mass is 304 g/mol. The van der Waals surface area contributed by atoms with Crippen molar-refractivity contribution in [2.45, 2.75) is 17.8 Å². The van der Waals surface area contributed by atoms with E-state index in [4.69, 9.17) is 14.6 Å². The van der Waals surface area contributed by atoms with E-state index < -0.39 is 5.82 Å². The minimum atomic E-state index is -0.702. The molecule has 0 bridgehead atoms. The summed E-state index contributed by atoms with van der Waals surface area (Å²) in [5.41, 5.74) is 6.53. The molecule has 3 aromatic rings. The Balaban J connectivity index is 1.86. The number of thioether (sulfide) groups is 1. The van der Waals surface area contributed by atoms with Crippen LogP contribution in [0.15, 0.2) is 49.1 Å². The Kier molecular flexibility index (Phi) is 3.53. The summed E-state index contributed by atoms with van der Waals surface area (Å²) in [6.07, 6.45) is 0. The van der Waals surface area contributed by atoms with E-state index in [9.17, 15) is 4.79 Å². The Morgan fingerprint density at radius 1 is 1.29 bits per heavy atom. The molecule has 0 saturated heterocycles. The van der Waals surface area contributed by atoms with Gasteiger partial charge in [-0.15, -0.1) is 5.10 Å². The molecule has 2 aromatic heterocycles. The largest absolute Gasteiger partial charge is 0.519 e. The lowest BCUT2D eigenvalue weighted by atomic mass is 10.3. The maximum Gasteiger partial charge on any atom is 0.519 e. The average molecular weight is 304 g/mol. The van der Waals surface area contributed by atoms with Crippen LogP contribution in [0.4, 0.5) is 5.95 Å². The molecule has 0 radical (unpaired) electrons. The van der Waals surface area contributed by atoms with Gasteiger partial charge in [-0.25, -0.2) is 9.48 Å². The Labute approximate surface area is 123 Å². The molecule has 0 aliphatic carbocycles. The summed E-state index contributed by atoms with van der Waals surface area (Å²) < 4.78 is 11.4. The topological polar surface area (TPSA) is 100 Å². The van der Waals surface area contributed by atoms with Crippen LogP contribution in [0.3, 0.4) is 0 Å². The van der Waals surface area contributed by atoms with E-state index in [0.29, 0.717) is 22.4 Å². The van der Waals surface area contributed by atoms with Gasteiger partial charge in [-0.3, -0.25) is 0 Å². The molecule has 1 aromatic carbocycles. The fourth-order valence-corrected chi connectivity index (χ4v) is 2.73. The van der Waals surface area contributed by atoms with Crippen LogP contribution in [0.1, 0.15) is 11.5 Å². The van der Waals surface area contributed by atoms with E-state index in [2.05, 4.69) is 10.1 Å². The number of aryl methyl sites for hydroxylation is 1. The van der Waals surface area contributed by atoms with Gasteiger partial charge in [0.1, 0.15) is 5.76 Å². The third-order valence-electron chi connectivity index (χ3n) is 2.76. The van der Waals surface area contributed by atoms with Crippen molar-refractivity contribution in [3.05, 3.63) is 52.5 Å². The summed E-state index contributed by atoms with van der Waals surface area (Å²) in [7, 11) is 0. The quantitative estimate of drug-likeness (QED) is 0.736. The Morgan fingerprint density at radius 2 is 2.05 bits per heavy atom. The van der Waals surface area contributed by atoms with E-state index in [1.54, 1.807) is 11.6 Å². The van der Waals surface area contributed by atoms with Crippen molar-refractivity contribution in [3.63, 3.8) is 0 Å². The van der Waals surface area contributed by atoms with E-state index in [1.165, 1.54) is 11.8 Å². The molecule has 0 spiro atoms. The molecule has 7 nitrogen and oxygen atoms in total. The molecule has 0 unspecified atom stereocenters. The highest BCUT2D eigenvalue weighted by molar-refractivity contribution is 7.98. The molecule has 0 fully saturated rings. The molecule has 108 valence electrons. The number of hydrogen-bond donors (Lipinski definition) is 1. The van der Waals surface area contributed by atoms with Crippen LogP contribution in [0.5, 0.6) is 0 Å². The Morgan fingerprint density at radius 3 is 2.71 bits per heavy atom. The van der Waals surface area contributed by atoms with Gasteiger partial charge in [0.25, 0.3) is 0 Å². The zero-order valence-corrected chi connectivity index (χ0v) is 12.0. The number of rotatable bonds is 4. The third-order valence-corrected chi connectivity index (χ3v) is 3.69. The number of anilines is 1. The van der Waals surface area contributed by atoms with Gasteiger partial charge < -0.3 is 14.6 Å². The van der Waals surface area contributed by atoms with Crippen molar-refractivity contribution in [1.29, 1.82) is 0 Å². The number of nitrogen functional groups attached to an aromatic ring is 1. The van der Waals surface area contributed by atoms with Crippen LogP contribution < -0.4 is 11.6 Å². The van der Waals surface area contributed by atoms with E-state index >= 15 is 0 Å². The molecule has 0 aliphatic rings. The first-order valence-corrected chi connectivity index (χ1v) is 7.12. The van der Waals surface area contributed by atoms with Gasteiger partial charge >= 0.3 is 5.82 Å². The number of para-hydroxylation sites is 1. The van der Waals surface area contributed by atoms with E-state index in [1.807, 2.05) is 30.3 Å². The summed E-state index contributed by atoms with van der Waals surface area (Å²) in [4.78, 5) is 15.2. The molecule has 21 heavy (non-hydrogen) atoms. The van der Waals surface area contributed by atoms with Crippen LogP contribution in [-0.4, -0.2) is 14.8 Å². The molecule has 2 N–H and O–H groups in total. The van der Waals surface area contributed by atoms with Gasteiger partial charge in [-0.1, -0.05) is 30.0 Å². The van der Waals surface area contributed by atoms with Gasteiger partial charge in [0.15, 0.2) is 10.9 Å². The van der Waals surface area contributed by atoms with Crippen molar-refractivity contribution in [3.8, 4) is 5.69 Å². The van der Waals surface area contributed by atoms with E-state index in [0.717, 1.165) is 5.69 Å². The van der Waals surface area contributed by atoms with Crippen LogP contribution in [-0.2, 0) is 5.75 Å². The molecule has 3 rings (SSSR count). The highest BCUT2D eigenvalue weighted by Crippen LogP contribution is 2.25. The number of nitrogens with zero attached hydrogens (tertiary/aromatic N) is 3. The molecule has 8 heteroatoms. The zero-order valence-electron chi connectivity index (χ0n) is 11.1. The summed E-state index contributed by atoms with van der Waals surface area (Å²) in [6, 6.07) is 9.53. The lowest BCUT2D eigenvalue weighted by Gasteiger charge is -2.03. The molecule has 0 saturated carbocycles. The second-order valence-corrected chi connectivity index (χ2v) is 5.16. The highest BCUT2D eigenvalue weighted by atomic mass is 32.2. The molecular weight excluding hydrogens is 292 g/mol. The molecular formula is C13H12N4O3S. The van der Waals surface area contributed by atoms with Crippen molar-refractivity contribution >= 4 is 17.7 Å². The third kappa shape index (κ3) is 2.84. The Bertz CT molecular complexity index is 806. The highest BCUT2D eigenvalue weighted by Gasteiger charge is 2.14. The second kappa shape index (κ2) is 5.49. The predicted octanol–water partition coefficient (Wildman–Crippen LogP) is 2.00. The normalized spacial score (nSPS) is 10.9. The summed E-state index contributed by atoms with van der Waals surface area (Å²) in [6.45, 7) is 1.68. The fourth-order valence-electron chi connectivity index (χ4n) is 1.78. The Hall–Kier alpha value is -2.48. The van der Waals surface area contributed by atoms with E-state index in [-0.39, 0.29) is 5.95 Å².